The molecule has 3 aromatic rings. The molecule has 1 atom stereocenters. The molecule has 0 saturated heterocycles. The summed E-state index contributed by atoms with van der Waals surface area (Å²) in [5, 5.41) is -0.127. The van der Waals surface area contributed by atoms with Gasteiger partial charge in [-0.15, -0.1) is 22.9 Å². The third-order valence-electron chi connectivity index (χ3n) is 3.23. The number of nitrogens with zero attached hydrogens (tertiary/aromatic N) is 2. The second-order valence-corrected chi connectivity index (χ2v) is 7.32. The van der Waals surface area contributed by atoms with E-state index in [0.717, 1.165) is 27.7 Å². The van der Waals surface area contributed by atoms with Gasteiger partial charge in [-0.25, -0.2) is 4.98 Å². The molecule has 0 spiro atoms. The summed E-state index contributed by atoms with van der Waals surface area (Å²) in [6.07, 6.45) is 0. The average molecular weight is 325 g/mol. The Morgan fingerprint density at radius 3 is 2.75 bits per heavy atom. The van der Waals surface area contributed by atoms with Crippen molar-refractivity contribution in [3.63, 3.8) is 0 Å². The molecule has 0 bridgehead atoms. The van der Waals surface area contributed by atoms with Gasteiger partial charge in [0.25, 0.3) is 0 Å². The van der Waals surface area contributed by atoms with E-state index in [9.17, 15) is 0 Å². The van der Waals surface area contributed by atoms with Crippen molar-refractivity contribution in [3.05, 3.63) is 50.9 Å². The second-order valence-electron chi connectivity index (χ2n) is 4.87. The highest BCUT2D eigenvalue weighted by Crippen LogP contribution is 2.28. The third-order valence-corrected chi connectivity index (χ3v) is 4.64. The summed E-state index contributed by atoms with van der Waals surface area (Å²) < 4.78 is 2.98. The Labute approximate surface area is 132 Å². The van der Waals surface area contributed by atoms with Gasteiger partial charge in [0.15, 0.2) is 0 Å². The van der Waals surface area contributed by atoms with Crippen LogP contribution in [0.3, 0.4) is 0 Å². The first-order chi connectivity index (χ1) is 9.54. The minimum atomic E-state index is -0.127. The summed E-state index contributed by atoms with van der Waals surface area (Å²) in [7, 11) is 0. The van der Waals surface area contributed by atoms with Crippen molar-refractivity contribution in [2.24, 2.45) is 0 Å². The van der Waals surface area contributed by atoms with Crippen LogP contribution in [-0.4, -0.2) is 9.55 Å². The summed E-state index contributed by atoms with van der Waals surface area (Å²) in [5.41, 5.74) is 3.31. The molecule has 0 aliphatic carbocycles. The zero-order chi connectivity index (χ0) is 14.3. The van der Waals surface area contributed by atoms with Crippen LogP contribution in [0.15, 0.2) is 30.3 Å². The molecular weight excluding hydrogens is 311 g/mol. The topological polar surface area (TPSA) is 17.8 Å². The molecular formula is C15H14Cl2N2S. The molecule has 2 aromatic heterocycles. The molecule has 20 heavy (non-hydrogen) atoms. The third kappa shape index (κ3) is 2.58. The lowest BCUT2D eigenvalue weighted by molar-refractivity contribution is 0.750. The maximum Gasteiger partial charge on any atom is 0.128 e. The molecule has 0 fully saturated rings. The van der Waals surface area contributed by atoms with Crippen LogP contribution in [0.5, 0.6) is 0 Å². The number of alkyl halides is 1. The smallest absolute Gasteiger partial charge is 0.128 e. The fraction of sp³-hybridized carbons (Fsp3) is 0.267. The molecule has 3 rings (SSSR count). The summed E-state index contributed by atoms with van der Waals surface area (Å²) in [6, 6.07) is 10.3. The van der Waals surface area contributed by atoms with Gasteiger partial charge in [0.2, 0.25) is 0 Å². The van der Waals surface area contributed by atoms with Gasteiger partial charge in [-0.3, -0.25) is 0 Å². The Kier molecular flexibility index (Phi) is 3.76. The number of rotatable bonds is 3. The minimum absolute atomic E-state index is 0.127. The zero-order valence-corrected chi connectivity index (χ0v) is 13.6. The Morgan fingerprint density at radius 1 is 1.30 bits per heavy atom. The summed E-state index contributed by atoms with van der Waals surface area (Å²) in [6.45, 7) is 4.78. The molecule has 0 N–H and O–H groups in total. The van der Waals surface area contributed by atoms with Crippen LogP contribution in [0.2, 0.25) is 4.34 Å². The molecule has 104 valence electrons. The van der Waals surface area contributed by atoms with Gasteiger partial charge in [0.05, 0.1) is 27.3 Å². The maximum absolute atomic E-state index is 6.29. The molecule has 0 amide bonds. The van der Waals surface area contributed by atoms with Crippen LogP contribution in [0.4, 0.5) is 0 Å². The Bertz CT molecular complexity index is 758. The summed E-state index contributed by atoms with van der Waals surface area (Å²) >= 11 is 13.9. The molecule has 0 aliphatic rings. The van der Waals surface area contributed by atoms with Crippen LogP contribution < -0.4 is 0 Å². The monoisotopic (exact) mass is 324 g/mol. The van der Waals surface area contributed by atoms with Crippen molar-refractivity contribution in [1.29, 1.82) is 0 Å². The molecule has 2 nitrogen and oxygen atoms in total. The SMILES string of the molecule is Cc1ccc2c(c1)nc(C(C)Cl)n2Cc1ccc(Cl)s1. The zero-order valence-electron chi connectivity index (χ0n) is 11.2. The van der Waals surface area contributed by atoms with Gasteiger partial charge in [0.1, 0.15) is 5.82 Å². The number of aryl methyl sites for hydroxylation is 1. The van der Waals surface area contributed by atoms with Crippen molar-refractivity contribution in [2.45, 2.75) is 25.8 Å². The number of imidazole rings is 1. The number of aromatic nitrogens is 2. The first-order valence-electron chi connectivity index (χ1n) is 6.39. The van der Waals surface area contributed by atoms with Gasteiger partial charge < -0.3 is 4.57 Å². The molecule has 0 radical (unpaired) electrons. The fourth-order valence-corrected chi connectivity index (χ4v) is 3.56. The van der Waals surface area contributed by atoms with E-state index >= 15 is 0 Å². The summed E-state index contributed by atoms with van der Waals surface area (Å²) in [4.78, 5) is 5.88. The Morgan fingerprint density at radius 2 is 2.10 bits per heavy atom. The molecule has 0 saturated carbocycles. The number of benzene rings is 1. The van der Waals surface area contributed by atoms with Gasteiger partial charge in [-0.1, -0.05) is 17.7 Å². The van der Waals surface area contributed by atoms with Crippen molar-refractivity contribution >= 4 is 45.6 Å². The number of fused-ring (bicyclic) bond motifs is 1. The van der Waals surface area contributed by atoms with Crippen molar-refractivity contribution in [1.82, 2.24) is 9.55 Å². The van der Waals surface area contributed by atoms with E-state index in [0.29, 0.717) is 0 Å². The number of hydrogen-bond acceptors (Lipinski definition) is 2. The normalized spacial score (nSPS) is 13.0. The maximum atomic E-state index is 6.29. The van der Waals surface area contributed by atoms with Crippen LogP contribution in [-0.2, 0) is 6.54 Å². The van der Waals surface area contributed by atoms with E-state index in [2.05, 4.69) is 40.7 Å². The van der Waals surface area contributed by atoms with Crippen molar-refractivity contribution in [2.75, 3.05) is 0 Å². The predicted molar refractivity (Wildman–Crippen MR) is 87.2 cm³/mol. The highest BCUT2D eigenvalue weighted by molar-refractivity contribution is 7.16. The minimum Gasteiger partial charge on any atom is -0.321 e. The number of thiophene rings is 1. The van der Waals surface area contributed by atoms with Gasteiger partial charge in [-0.05, 0) is 43.7 Å². The molecule has 1 unspecified atom stereocenters. The standard InChI is InChI=1S/C15H14Cl2N2S/c1-9-3-5-13-12(7-9)18-15(10(2)16)19(13)8-11-4-6-14(17)20-11/h3-7,10H,8H2,1-2H3. The summed E-state index contributed by atoms with van der Waals surface area (Å²) in [5.74, 6) is 0.900. The van der Waals surface area contributed by atoms with Crippen LogP contribution in [0, 0.1) is 6.92 Å². The number of hydrogen-bond donors (Lipinski definition) is 0. The van der Waals surface area contributed by atoms with Gasteiger partial charge >= 0.3 is 0 Å². The van der Waals surface area contributed by atoms with E-state index in [1.807, 2.05) is 13.0 Å². The Balaban J connectivity index is 2.13. The van der Waals surface area contributed by atoms with Crippen LogP contribution in [0.25, 0.3) is 11.0 Å². The van der Waals surface area contributed by atoms with Crippen molar-refractivity contribution in [3.8, 4) is 0 Å². The van der Waals surface area contributed by atoms with Crippen molar-refractivity contribution < 1.29 is 0 Å². The Hall–Kier alpha value is -1.03. The van der Waals surface area contributed by atoms with E-state index in [-0.39, 0.29) is 5.38 Å². The quantitative estimate of drug-likeness (QED) is 0.589. The molecule has 0 aliphatic heterocycles. The van der Waals surface area contributed by atoms with Crippen LogP contribution >= 0.6 is 34.5 Å². The lowest BCUT2D eigenvalue weighted by Crippen LogP contribution is -2.04. The number of halogens is 2. The lowest BCUT2D eigenvalue weighted by atomic mass is 10.2. The highest BCUT2D eigenvalue weighted by atomic mass is 35.5. The molecule has 2 heterocycles. The van der Waals surface area contributed by atoms with Gasteiger partial charge in [0, 0.05) is 4.88 Å². The van der Waals surface area contributed by atoms with Crippen LogP contribution in [0.1, 0.15) is 28.6 Å². The molecule has 5 heteroatoms. The largest absolute Gasteiger partial charge is 0.321 e. The first-order valence-corrected chi connectivity index (χ1v) is 8.03. The van der Waals surface area contributed by atoms with Gasteiger partial charge in [-0.2, -0.15) is 0 Å². The highest BCUT2D eigenvalue weighted by Gasteiger charge is 2.15. The predicted octanol–water partition coefficient (Wildman–Crippen LogP) is 5.41. The van der Waals surface area contributed by atoms with E-state index in [1.54, 1.807) is 11.3 Å². The van der Waals surface area contributed by atoms with E-state index in [1.165, 1.54) is 10.4 Å². The lowest BCUT2D eigenvalue weighted by Gasteiger charge is -2.09. The van der Waals surface area contributed by atoms with E-state index in [4.69, 9.17) is 23.2 Å². The first kappa shape index (κ1) is 13.9. The van der Waals surface area contributed by atoms with E-state index < -0.39 is 0 Å². The molecule has 1 aromatic carbocycles. The fourth-order valence-electron chi connectivity index (χ4n) is 2.32. The average Bonchev–Trinajstić information content (AvgIpc) is 2.94. The second kappa shape index (κ2) is 5.40.